The first-order chi connectivity index (χ1) is 25.4. The topological polar surface area (TPSA) is 83.6 Å². The van der Waals surface area contributed by atoms with E-state index >= 15 is 0 Å². The van der Waals surface area contributed by atoms with Crippen molar-refractivity contribution in [2.24, 2.45) is 17.8 Å². The molecule has 1 N–H and O–H groups in total. The Morgan fingerprint density at radius 2 is 1.96 bits per heavy atom. The van der Waals surface area contributed by atoms with Gasteiger partial charge < -0.3 is 24.0 Å². The van der Waals surface area contributed by atoms with Crippen molar-refractivity contribution in [2.75, 3.05) is 84.7 Å². The van der Waals surface area contributed by atoms with Crippen molar-refractivity contribution in [3.63, 3.8) is 0 Å². The number of fused-ring (bicyclic) bond motifs is 4. The van der Waals surface area contributed by atoms with Crippen LogP contribution < -0.4 is 14.4 Å². The van der Waals surface area contributed by atoms with Gasteiger partial charge in [-0.2, -0.15) is 0 Å². The molecular formula is C42H59ClN4O5S. The van der Waals surface area contributed by atoms with Crippen LogP contribution in [-0.4, -0.2) is 116 Å². The maximum atomic E-state index is 14.0. The summed E-state index contributed by atoms with van der Waals surface area (Å²) in [6.07, 6.45) is 10.5. The number of amides is 1. The predicted molar refractivity (Wildman–Crippen MR) is 216 cm³/mol. The minimum atomic E-state index is -2.96. The van der Waals surface area contributed by atoms with E-state index in [0.29, 0.717) is 30.4 Å². The summed E-state index contributed by atoms with van der Waals surface area (Å²) >= 11 is 6.52. The third kappa shape index (κ3) is 8.05. The molecule has 1 saturated heterocycles. The highest BCUT2D eigenvalue weighted by Gasteiger charge is 2.49. The van der Waals surface area contributed by atoms with Crippen LogP contribution in [0.5, 0.6) is 5.75 Å². The fourth-order valence-electron chi connectivity index (χ4n) is 9.54. The Labute approximate surface area is 322 Å². The molecular weight excluding hydrogens is 708 g/mol. The number of halogens is 1. The average Bonchev–Trinajstić information content (AvgIpc) is 3.28. The predicted octanol–water partition coefficient (Wildman–Crippen LogP) is 5.83. The third-order valence-electron chi connectivity index (χ3n) is 13.2. The van der Waals surface area contributed by atoms with Crippen molar-refractivity contribution in [2.45, 2.75) is 68.6 Å². The fraction of sp³-hybridized carbons (Fsp3) is 0.619. The molecule has 0 radical (unpaired) electrons. The van der Waals surface area contributed by atoms with Crippen molar-refractivity contribution in [3.8, 4) is 5.75 Å². The Bertz CT molecular complexity index is 1780. The molecule has 1 saturated carbocycles. The van der Waals surface area contributed by atoms with Crippen LogP contribution in [0.4, 0.5) is 5.69 Å². The molecule has 2 fully saturated rings. The smallest absolute Gasteiger partial charge is 0.262 e. The molecule has 3 heterocycles. The molecule has 7 atom stereocenters. The van der Waals surface area contributed by atoms with Gasteiger partial charge in [0.05, 0.1) is 35.2 Å². The average molecular weight is 767 g/mol. The molecule has 2 aliphatic carbocycles. The van der Waals surface area contributed by atoms with E-state index in [2.05, 4.69) is 63.5 Å². The largest absolute Gasteiger partial charge is 0.490 e. The first kappa shape index (κ1) is 38.7. The van der Waals surface area contributed by atoms with Crippen LogP contribution >= 0.6 is 11.6 Å². The number of anilines is 1. The molecule has 7 rings (SSSR count). The van der Waals surface area contributed by atoms with E-state index in [1.807, 2.05) is 32.2 Å². The molecule has 2 aromatic carbocycles. The zero-order valence-electron chi connectivity index (χ0n) is 32.1. The number of methoxy groups -OCH3 is 1. The molecule has 3 aliphatic heterocycles. The SMILES string of the molecule is C=S1(=O)NC(=O)c2ccc3c(c2)N(C[C@@H]2CC[C@H]2[C@](CN(C)CCN2CCOCC2)(OC)/C=C/C[C@H](C)[C@H]1C)C[C@@]1(CCCc2cc(Cl)ccc21)CO3. The van der Waals surface area contributed by atoms with E-state index in [1.165, 1.54) is 11.1 Å². The number of nitrogens with zero attached hydrogens (tertiary/aromatic N) is 3. The molecule has 1 spiro atoms. The number of ether oxygens (including phenoxy) is 3. The molecule has 5 aliphatic rings. The molecule has 11 heteroatoms. The Morgan fingerprint density at radius 1 is 1.15 bits per heavy atom. The first-order valence-electron chi connectivity index (χ1n) is 19.6. The lowest BCUT2D eigenvalue weighted by Crippen LogP contribution is -2.57. The van der Waals surface area contributed by atoms with Gasteiger partial charge in [0.25, 0.3) is 5.91 Å². The van der Waals surface area contributed by atoms with Crippen molar-refractivity contribution < 1.29 is 23.2 Å². The molecule has 2 bridgehead atoms. The maximum absolute atomic E-state index is 14.0. The quantitative estimate of drug-likeness (QED) is 0.291. The second-order valence-electron chi connectivity index (χ2n) is 16.6. The molecule has 9 nitrogen and oxygen atoms in total. The summed E-state index contributed by atoms with van der Waals surface area (Å²) in [5, 5.41) is 0.426. The van der Waals surface area contributed by atoms with E-state index in [4.69, 9.17) is 25.8 Å². The molecule has 53 heavy (non-hydrogen) atoms. The Morgan fingerprint density at radius 3 is 2.72 bits per heavy atom. The van der Waals surface area contributed by atoms with Crippen LogP contribution in [0.2, 0.25) is 5.02 Å². The minimum Gasteiger partial charge on any atom is -0.490 e. The summed E-state index contributed by atoms with van der Waals surface area (Å²) in [5.74, 6) is 5.16. The number of morpholine rings is 1. The number of hydrogen-bond acceptors (Lipinski definition) is 8. The minimum absolute atomic E-state index is 0.0237. The van der Waals surface area contributed by atoms with Gasteiger partial charge in [-0.05, 0) is 118 Å². The van der Waals surface area contributed by atoms with Gasteiger partial charge in [-0.3, -0.25) is 14.4 Å². The van der Waals surface area contributed by atoms with Gasteiger partial charge in [-0.25, -0.2) is 4.21 Å². The second kappa shape index (κ2) is 15.9. The van der Waals surface area contributed by atoms with Crippen molar-refractivity contribution in [3.05, 3.63) is 70.3 Å². The first-order valence-corrected chi connectivity index (χ1v) is 21.8. The highest BCUT2D eigenvalue weighted by atomic mass is 35.5. The molecule has 1 unspecified atom stereocenters. The monoisotopic (exact) mass is 766 g/mol. The number of hydrogen-bond donors (Lipinski definition) is 1. The van der Waals surface area contributed by atoms with Crippen LogP contribution in [0, 0.1) is 17.8 Å². The Hall–Kier alpha value is -2.60. The van der Waals surface area contributed by atoms with Crippen LogP contribution in [-0.2, 0) is 31.0 Å². The Kier molecular flexibility index (Phi) is 11.6. The third-order valence-corrected chi connectivity index (χ3v) is 15.6. The number of likely N-dealkylation sites (N-methyl/N-ethyl adjacent to an activating group) is 1. The van der Waals surface area contributed by atoms with Crippen LogP contribution in [0.1, 0.15) is 67.4 Å². The molecule has 0 aromatic heterocycles. The van der Waals surface area contributed by atoms with E-state index in [0.717, 1.165) is 108 Å². The fourth-order valence-corrected chi connectivity index (χ4v) is 11.2. The lowest BCUT2D eigenvalue weighted by atomic mass is 9.63. The number of nitrogens with one attached hydrogen (secondary N) is 1. The van der Waals surface area contributed by atoms with Gasteiger partial charge in [-0.1, -0.05) is 36.7 Å². The molecule has 290 valence electrons. The highest BCUT2D eigenvalue weighted by Crippen LogP contribution is 2.49. The van der Waals surface area contributed by atoms with Gasteiger partial charge in [0.15, 0.2) is 0 Å². The molecule has 1 amide bonds. The lowest BCUT2D eigenvalue weighted by Gasteiger charge is -2.51. The van der Waals surface area contributed by atoms with Gasteiger partial charge in [0, 0.05) is 74.2 Å². The zero-order chi connectivity index (χ0) is 37.4. The maximum Gasteiger partial charge on any atom is 0.262 e. The normalized spacial score (nSPS) is 34.3. The summed E-state index contributed by atoms with van der Waals surface area (Å²) in [5.41, 5.74) is 3.25. The number of carbonyl (C=O) groups is 1. The second-order valence-corrected chi connectivity index (χ2v) is 19.4. The summed E-state index contributed by atoms with van der Waals surface area (Å²) in [6, 6.07) is 12.0. The van der Waals surface area contributed by atoms with Gasteiger partial charge in [-0.15, -0.1) is 0 Å². The van der Waals surface area contributed by atoms with Crippen LogP contribution in [0.3, 0.4) is 0 Å². The number of benzene rings is 2. The number of carbonyl (C=O) groups excluding carboxylic acids is 1. The zero-order valence-corrected chi connectivity index (χ0v) is 33.7. The number of rotatable bonds is 6. The van der Waals surface area contributed by atoms with Crippen LogP contribution in [0.15, 0.2) is 48.6 Å². The van der Waals surface area contributed by atoms with Crippen LogP contribution in [0.25, 0.3) is 0 Å². The van der Waals surface area contributed by atoms with Gasteiger partial charge in [0.1, 0.15) is 11.4 Å². The van der Waals surface area contributed by atoms with Crippen molar-refractivity contribution in [1.82, 2.24) is 14.5 Å². The summed E-state index contributed by atoms with van der Waals surface area (Å²) in [6.45, 7) is 12.4. The van der Waals surface area contributed by atoms with Gasteiger partial charge >= 0.3 is 0 Å². The highest BCUT2D eigenvalue weighted by molar-refractivity contribution is 7.99. The number of allylic oxidation sites excluding steroid dienone is 1. The van der Waals surface area contributed by atoms with Crippen molar-refractivity contribution in [1.29, 1.82) is 0 Å². The summed E-state index contributed by atoms with van der Waals surface area (Å²) in [7, 11) is 1.13. The number of aryl methyl sites for hydroxylation is 1. The van der Waals surface area contributed by atoms with Crippen molar-refractivity contribution >= 4 is 38.8 Å². The molecule has 2 aromatic rings. The van der Waals surface area contributed by atoms with E-state index in [-0.39, 0.29) is 22.5 Å². The van der Waals surface area contributed by atoms with E-state index < -0.39 is 15.3 Å². The standard InChI is InChI=1S/C42H59ClN4O5S/c1-30-8-6-17-42(50-4,28-45(3)18-19-46-20-22-51-23-21-46)37-13-10-34(37)26-47-27-41(16-7-9-32-24-35(43)12-14-36(32)41)29-52-39-15-11-33(25-38(39)47)40(48)44-53(5,49)31(30)2/h6,11-12,14-15,17,24-25,30-31,34,37H,5,7-10,13,16,18-23,26-29H2,1-4H3,(H,44,48,49)/b17-6+/t30-,31+,34-,37+,41-,42-,53?/m0/s1. The van der Waals surface area contributed by atoms with E-state index in [1.54, 1.807) is 6.07 Å². The summed E-state index contributed by atoms with van der Waals surface area (Å²) < 4.78 is 35.9. The summed E-state index contributed by atoms with van der Waals surface area (Å²) in [4.78, 5) is 21.2. The van der Waals surface area contributed by atoms with E-state index in [9.17, 15) is 9.00 Å². The Balaban J connectivity index is 1.26. The van der Waals surface area contributed by atoms with Gasteiger partial charge in [0.2, 0.25) is 0 Å². The lowest BCUT2D eigenvalue weighted by molar-refractivity contribution is -0.0895.